The van der Waals surface area contributed by atoms with Gasteiger partial charge in [0.1, 0.15) is 0 Å². The Balaban J connectivity index is 1.78. The summed E-state index contributed by atoms with van der Waals surface area (Å²) in [4.78, 5) is 17.8. The number of alkyl halides is 3. The first kappa shape index (κ1) is 14.4. The number of pyridine rings is 1. The van der Waals surface area contributed by atoms with Crippen LogP contribution in [0.1, 0.15) is 36.0 Å². The van der Waals surface area contributed by atoms with E-state index in [0.29, 0.717) is 18.4 Å². The van der Waals surface area contributed by atoms with Crippen LogP contribution in [0, 0.1) is 11.3 Å². The normalized spacial score (nSPS) is 24.7. The number of aromatic nitrogens is 1. The van der Waals surface area contributed by atoms with Gasteiger partial charge in [-0.3, -0.25) is 9.78 Å². The van der Waals surface area contributed by atoms with Crippen LogP contribution in [-0.4, -0.2) is 35.1 Å². The summed E-state index contributed by atoms with van der Waals surface area (Å²) in [6, 6.07) is 3.21. The van der Waals surface area contributed by atoms with E-state index in [9.17, 15) is 18.0 Å². The van der Waals surface area contributed by atoms with E-state index in [0.717, 1.165) is 6.42 Å². The molecule has 1 spiro atoms. The van der Waals surface area contributed by atoms with Crippen molar-refractivity contribution < 1.29 is 18.0 Å². The van der Waals surface area contributed by atoms with Gasteiger partial charge in [-0.05, 0) is 36.8 Å². The number of carbonyl (C=O) groups is 1. The molecule has 2 aliphatic rings. The van der Waals surface area contributed by atoms with Gasteiger partial charge in [0.2, 0.25) is 0 Å². The van der Waals surface area contributed by atoms with E-state index in [1.54, 1.807) is 17.0 Å². The van der Waals surface area contributed by atoms with Crippen molar-refractivity contribution in [1.82, 2.24) is 9.88 Å². The third-order valence-corrected chi connectivity index (χ3v) is 4.89. The molecule has 3 rings (SSSR count). The molecule has 0 radical (unpaired) electrons. The number of rotatable bonds is 1. The van der Waals surface area contributed by atoms with E-state index < -0.39 is 17.5 Å². The molecule has 6 heteroatoms. The van der Waals surface area contributed by atoms with Crippen LogP contribution in [0.25, 0.3) is 0 Å². The SMILES string of the molecule is O=C(c1ccncc1)N1CC[C@@H](C(F)(F)F)C2(CCC2)C1. The molecular weight excluding hydrogens is 281 g/mol. The number of halogens is 3. The molecule has 114 valence electrons. The van der Waals surface area contributed by atoms with Crippen LogP contribution in [0.5, 0.6) is 0 Å². The molecule has 2 fully saturated rings. The van der Waals surface area contributed by atoms with E-state index in [-0.39, 0.29) is 25.4 Å². The zero-order valence-corrected chi connectivity index (χ0v) is 11.6. The smallest absolute Gasteiger partial charge is 0.338 e. The predicted molar refractivity (Wildman–Crippen MR) is 70.6 cm³/mol. The quantitative estimate of drug-likeness (QED) is 0.797. The fourth-order valence-corrected chi connectivity index (χ4v) is 3.66. The highest BCUT2D eigenvalue weighted by Crippen LogP contribution is 2.56. The second kappa shape index (κ2) is 5.00. The van der Waals surface area contributed by atoms with Crippen molar-refractivity contribution >= 4 is 5.91 Å². The first-order chi connectivity index (χ1) is 9.92. The molecule has 0 unspecified atom stereocenters. The molecule has 1 saturated heterocycles. The maximum absolute atomic E-state index is 13.2. The number of carbonyl (C=O) groups excluding carboxylic acids is 1. The molecule has 1 aromatic heterocycles. The summed E-state index contributed by atoms with van der Waals surface area (Å²) in [6.07, 6.45) is 0.856. The van der Waals surface area contributed by atoms with Crippen molar-refractivity contribution in [3.8, 4) is 0 Å². The first-order valence-corrected chi connectivity index (χ1v) is 7.18. The molecule has 1 aromatic rings. The number of likely N-dealkylation sites (tertiary alicyclic amines) is 1. The summed E-state index contributed by atoms with van der Waals surface area (Å²) in [5.41, 5.74) is -0.260. The van der Waals surface area contributed by atoms with Crippen LogP contribution < -0.4 is 0 Å². The van der Waals surface area contributed by atoms with Crippen LogP contribution in [0.2, 0.25) is 0 Å². The summed E-state index contributed by atoms with van der Waals surface area (Å²) < 4.78 is 39.6. The minimum atomic E-state index is -4.16. The van der Waals surface area contributed by atoms with E-state index in [1.807, 2.05) is 0 Å². The van der Waals surface area contributed by atoms with Gasteiger partial charge in [0.15, 0.2) is 0 Å². The standard InChI is InChI=1S/C15H17F3N2O/c16-15(17,18)12-4-9-20(10-14(12)5-1-6-14)13(21)11-2-7-19-8-3-11/h2-3,7-8,12H,1,4-6,9-10H2/t12-/m1/s1. The summed E-state index contributed by atoms with van der Waals surface area (Å²) in [5, 5.41) is 0. The van der Waals surface area contributed by atoms with Crippen molar-refractivity contribution in [3.63, 3.8) is 0 Å². The summed E-state index contributed by atoms with van der Waals surface area (Å²) in [5.74, 6) is -1.45. The fraction of sp³-hybridized carbons (Fsp3) is 0.600. The Morgan fingerprint density at radius 2 is 1.95 bits per heavy atom. The Morgan fingerprint density at radius 3 is 2.48 bits per heavy atom. The summed E-state index contributed by atoms with van der Waals surface area (Å²) in [6.45, 7) is 0.394. The number of nitrogens with zero attached hydrogens (tertiary/aromatic N) is 2. The van der Waals surface area contributed by atoms with E-state index in [4.69, 9.17) is 0 Å². The monoisotopic (exact) mass is 298 g/mol. The Hall–Kier alpha value is -1.59. The van der Waals surface area contributed by atoms with E-state index in [2.05, 4.69) is 4.98 Å². The van der Waals surface area contributed by atoms with Gasteiger partial charge < -0.3 is 4.90 Å². The van der Waals surface area contributed by atoms with Crippen molar-refractivity contribution in [2.75, 3.05) is 13.1 Å². The minimum Gasteiger partial charge on any atom is -0.338 e. The molecule has 0 N–H and O–H groups in total. The van der Waals surface area contributed by atoms with Crippen LogP contribution >= 0.6 is 0 Å². The summed E-state index contributed by atoms with van der Waals surface area (Å²) >= 11 is 0. The first-order valence-electron chi connectivity index (χ1n) is 7.18. The number of amides is 1. The van der Waals surface area contributed by atoms with Gasteiger partial charge in [-0.1, -0.05) is 6.42 Å². The molecule has 21 heavy (non-hydrogen) atoms. The predicted octanol–water partition coefficient (Wildman–Crippen LogP) is 3.28. The third kappa shape index (κ3) is 2.51. The molecule has 1 saturated carbocycles. The number of hydrogen-bond donors (Lipinski definition) is 0. The molecule has 0 bridgehead atoms. The average Bonchev–Trinajstić information content (AvgIpc) is 2.44. The van der Waals surface area contributed by atoms with Gasteiger partial charge in [-0.2, -0.15) is 13.2 Å². The minimum absolute atomic E-state index is 0.0142. The highest BCUT2D eigenvalue weighted by Gasteiger charge is 2.58. The molecular formula is C15H17F3N2O. The molecule has 1 aliphatic heterocycles. The van der Waals surface area contributed by atoms with Crippen molar-refractivity contribution in [2.45, 2.75) is 31.9 Å². The van der Waals surface area contributed by atoms with Gasteiger partial charge in [0.25, 0.3) is 5.91 Å². The lowest BCUT2D eigenvalue weighted by Crippen LogP contribution is -2.57. The molecule has 0 aromatic carbocycles. The Kier molecular flexibility index (Phi) is 3.42. The average molecular weight is 298 g/mol. The molecule has 1 atom stereocenters. The van der Waals surface area contributed by atoms with Gasteiger partial charge in [0, 0.05) is 31.0 Å². The molecule has 1 aliphatic carbocycles. The zero-order chi connectivity index (χ0) is 15.1. The van der Waals surface area contributed by atoms with Gasteiger partial charge in [0.05, 0.1) is 5.92 Å². The Labute approximate surface area is 121 Å². The third-order valence-electron chi connectivity index (χ3n) is 4.89. The molecule has 3 nitrogen and oxygen atoms in total. The zero-order valence-electron chi connectivity index (χ0n) is 11.6. The second-order valence-electron chi connectivity index (χ2n) is 6.06. The largest absolute Gasteiger partial charge is 0.392 e. The van der Waals surface area contributed by atoms with Gasteiger partial charge in [-0.25, -0.2) is 0 Å². The lowest BCUT2D eigenvalue weighted by Gasteiger charge is -2.54. The second-order valence-corrected chi connectivity index (χ2v) is 6.06. The lowest BCUT2D eigenvalue weighted by atomic mass is 9.58. The van der Waals surface area contributed by atoms with Crippen molar-refractivity contribution in [3.05, 3.63) is 30.1 Å². The number of piperidine rings is 1. The molecule has 1 amide bonds. The number of hydrogen-bond acceptors (Lipinski definition) is 2. The van der Waals surface area contributed by atoms with Crippen LogP contribution in [0.3, 0.4) is 0 Å². The Morgan fingerprint density at radius 1 is 1.29 bits per heavy atom. The lowest BCUT2D eigenvalue weighted by molar-refractivity contribution is -0.235. The highest BCUT2D eigenvalue weighted by molar-refractivity contribution is 5.94. The fourth-order valence-electron chi connectivity index (χ4n) is 3.66. The van der Waals surface area contributed by atoms with Gasteiger partial charge >= 0.3 is 6.18 Å². The topological polar surface area (TPSA) is 33.2 Å². The molecule has 2 heterocycles. The summed E-state index contributed by atoms with van der Waals surface area (Å²) in [7, 11) is 0. The van der Waals surface area contributed by atoms with Crippen LogP contribution in [-0.2, 0) is 0 Å². The maximum Gasteiger partial charge on any atom is 0.392 e. The maximum atomic E-state index is 13.2. The van der Waals surface area contributed by atoms with Crippen molar-refractivity contribution in [2.24, 2.45) is 11.3 Å². The van der Waals surface area contributed by atoms with E-state index in [1.165, 1.54) is 12.4 Å². The Bertz CT molecular complexity index is 525. The highest BCUT2D eigenvalue weighted by atomic mass is 19.4. The van der Waals surface area contributed by atoms with Crippen molar-refractivity contribution in [1.29, 1.82) is 0 Å². The van der Waals surface area contributed by atoms with Crippen LogP contribution in [0.4, 0.5) is 13.2 Å². The van der Waals surface area contributed by atoms with Gasteiger partial charge in [-0.15, -0.1) is 0 Å². The van der Waals surface area contributed by atoms with E-state index >= 15 is 0 Å². The van der Waals surface area contributed by atoms with Crippen LogP contribution in [0.15, 0.2) is 24.5 Å².